The van der Waals surface area contributed by atoms with Crippen molar-refractivity contribution in [2.75, 3.05) is 11.9 Å². The van der Waals surface area contributed by atoms with Crippen molar-refractivity contribution in [3.05, 3.63) is 63.9 Å². The lowest BCUT2D eigenvalue weighted by Crippen LogP contribution is -2.36. The Morgan fingerprint density at radius 2 is 1.89 bits per heavy atom. The summed E-state index contributed by atoms with van der Waals surface area (Å²) in [4.78, 5) is 27.8. The van der Waals surface area contributed by atoms with E-state index in [4.69, 9.17) is 0 Å². The number of carbonyl (C=O) groups is 1. The number of amides is 1. The van der Waals surface area contributed by atoms with E-state index in [1.165, 1.54) is 22.5 Å². The standard InChI is InChI=1S/C20H21N5OS/c1-13-9-14(2)22-19(21-13)24-20-23-17(12-27-20)10-18(26)25-8-7-15-5-3-4-6-16(15)11-25/h3-6,9,12H,7-8,10-11H2,1-2H3,(H,21,22,23,24). The summed E-state index contributed by atoms with van der Waals surface area (Å²) in [5.74, 6) is 0.649. The molecule has 7 heteroatoms. The second-order valence-electron chi connectivity index (χ2n) is 6.75. The van der Waals surface area contributed by atoms with Gasteiger partial charge in [0.05, 0.1) is 12.1 Å². The van der Waals surface area contributed by atoms with Crippen LogP contribution >= 0.6 is 11.3 Å². The van der Waals surface area contributed by atoms with Gasteiger partial charge >= 0.3 is 0 Å². The Hall–Kier alpha value is -2.80. The number of carbonyl (C=O) groups excluding carboxylic acids is 1. The fraction of sp³-hybridized carbons (Fsp3) is 0.300. The van der Waals surface area contributed by atoms with Crippen LogP contribution in [0.15, 0.2) is 35.7 Å². The van der Waals surface area contributed by atoms with Crippen molar-refractivity contribution in [1.29, 1.82) is 0 Å². The Morgan fingerprint density at radius 3 is 2.67 bits per heavy atom. The SMILES string of the molecule is Cc1cc(C)nc(Nc2nc(CC(=O)N3CCc4ccccc4C3)cs2)n1. The van der Waals surface area contributed by atoms with Crippen LogP contribution in [0.1, 0.15) is 28.2 Å². The normalized spacial score (nSPS) is 13.3. The number of benzene rings is 1. The monoisotopic (exact) mass is 379 g/mol. The number of rotatable bonds is 4. The van der Waals surface area contributed by atoms with Crippen molar-refractivity contribution in [1.82, 2.24) is 19.9 Å². The molecule has 1 aliphatic rings. The summed E-state index contributed by atoms with van der Waals surface area (Å²) in [6, 6.07) is 10.3. The highest BCUT2D eigenvalue weighted by Gasteiger charge is 2.21. The Morgan fingerprint density at radius 1 is 1.15 bits per heavy atom. The van der Waals surface area contributed by atoms with Crippen LogP contribution in [0.5, 0.6) is 0 Å². The summed E-state index contributed by atoms with van der Waals surface area (Å²) in [6.07, 6.45) is 1.23. The molecule has 0 atom stereocenters. The zero-order valence-electron chi connectivity index (χ0n) is 15.4. The first kappa shape index (κ1) is 17.6. The number of anilines is 2. The van der Waals surface area contributed by atoms with Crippen molar-refractivity contribution in [2.24, 2.45) is 0 Å². The fourth-order valence-electron chi connectivity index (χ4n) is 3.30. The maximum absolute atomic E-state index is 12.7. The number of thiazole rings is 1. The van der Waals surface area contributed by atoms with Gasteiger partial charge in [0.1, 0.15) is 0 Å². The van der Waals surface area contributed by atoms with Crippen molar-refractivity contribution >= 4 is 28.3 Å². The number of hydrogen-bond donors (Lipinski definition) is 1. The summed E-state index contributed by atoms with van der Waals surface area (Å²) >= 11 is 1.46. The first-order valence-electron chi connectivity index (χ1n) is 8.95. The van der Waals surface area contributed by atoms with E-state index >= 15 is 0 Å². The van der Waals surface area contributed by atoms with E-state index in [0.717, 1.165) is 30.0 Å². The van der Waals surface area contributed by atoms with Crippen LogP contribution in [0.3, 0.4) is 0 Å². The van der Waals surface area contributed by atoms with Crippen molar-refractivity contribution < 1.29 is 4.79 Å². The fourth-order valence-corrected chi connectivity index (χ4v) is 4.00. The van der Waals surface area contributed by atoms with Crippen LogP contribution < -0.4 is 5.32 Å². The molecule has 1 aliphatic heterocycles. The minimum atomic E-state index is 0.115. The molecule has 3 heterocycles. The Bertz CT molecular complexity index is 964. The maximum atomic E-state index is 12.7. The van der Waals surface area contributed by atoms with E-state index in [2.05, 4.69) is 38.5 Å². The number of fused-ring (bicyclic) bond motifs is 1. The highest BCUT2D eigenvalue weighted by molar-refractivity contribution is 7.13. The predicted molar refractivity (Wildman–Crippen MR) is 106 cm³/mol. The van der Waals surface area contributed by atoms with Crippen LogP contribution in [-0.2, 0) is 24.2 Å². The van der Waals surface area contributed by atoms with Gasteiger partial charge in [0.15, 0.2) is 5.13 Å². The average molecular weight is 379 g/mol. The molecule has 4 rings (SSSR count). The van der Waals surface area contributed by atoms with Crippen LogP contribution in [0.4, 0.5) is 11.1 Å². The number of aromatic nitrogens is 3. The van der Waals surface area contributed by atoms with Crippen molar-refractivity contribution in [3.63, 3.8) is 0 Å². The molecule has 0 saturated heterocycles. The van der Waals surface area contributed by atoms with Gasteiger partial charge in [-0.25, -0.2) is 15.0 Å². The van der Waals surface area contributed by atoms with Gasteiger partial charge in [0, 0.05) is 29.9 Å². The van der Waals surface area contributed by atoms with E-state index in [9.17, 15) is 4.79 Å². The van der Waals surface area contributed by atoms with Crippen LogP contribution in [0.2, 0.25) is 0 Å². The van der Waals surface area contributed by atoms with E-state index in [0.29, 0.717) is 24.0 Å². The molecule has 0 saturated carbocycles. The summed E-state index contributed by atoms with van der Waals surface area (Å²) in [5.41, 5.74) is 5.17. The number of hydrogen-bond acceptors (Lipinski definition) is 6. The lowest BCUT2D eigenvalue weighted by Gasteiger charge is -2.28. The molecule has 6 nitrogen and oxygen atoms in total. The van der Waals surface area contributed by atoms with Gasteiger partial charge in [-0.15, -0.1) is 11.3 Å². The van der Waals surface area contributed by atoms with E-state index in [1.54, 1.807) is 0 Å². The van der Waals surface area contributed by atoms with E-state index < -0.39 is 0 Å². The highest BCUT2D eigenvalue weighted by Crippen LogP contribution is 2.22. The summed E-state index contributed by atoms with van der Waals surface area (Å²) < 4.78 is 0. The van der Waals surface area contributed by atoms with Gasteiger partial charge in [0.25, 0.3) is 0 Å². The maximum Gasteiger partial charge on any atom is 0.229 e. The minimum Gasteiger partial charge on any atom is -0.338 e. The molecule has 0 fully saturated rings. The van der Waals surface area contributed by atoms with Gasteiger partial charge in [-0.2, -0.15) is 0 Å². The van der Waals surface area contributed by atoms with Gasteiger partial charge in [-0.3, -0.25) is 4.79 Å². The van der Waals surface area contributed by atoms with Crippen LogP contribution in [0, 0.1) is 13.8 Å². The third kappa shape index (κ3) is 4.14. The van der Waals surface area contributed by atoms with Gasteiger partial charge < -0.3 is 10.2 Å². The third-order valence-corrected chi connectivity index (χ3v) is 5.38. The molecule has 0 aliphatic carbocycles. The number of nitrogens with one attached hydrogen (secondary N) is 1. The number of nitrogens with zero attached hydrogens (tertiary/aromatic N) is 4. The molecule has 0 bridgehead atoms. The second kappa shape index (κ2) is 7.44. The molecule has 0 radical (unpaired) electrons. The molecular weight excluding hydrogens is 358 g/mol. The lowest BCUT2D eigenvalue weighted by atomic mass is 10.00. The van der Waals surface area contributed by atoms with Gasteiger partial charge in [0.2, 0.25) is 11.9 Å². The molecule has 138 valence electrons. The molecule has 1 aromatic carbocycles. The summed E-state index contributed by atoms with van der Waals surface area (Å²) in [6.45, 7) is 5.31. The van der Waals surface area contributed by atoms with Crippen molar-refractivity contribution in [2.45, 2.75) is 33.2 Å². The predicted octanol–water partition coefficient (Wildman–Crippen LogP) is 3.42. The molecule has 0 spiro atoms. The molecular formula is C20H21N5OS. The smallest absolute Gasteiger partial charge is 0.229 e. The second-order valence-corrected chi connectivity index (χ2v) is 7.61. The highest BCUT2D eigenvalue weighted by atomic mass is 32.1. The lowest BCUT2D eigenvalue weighted by molar-refractivity contribution is -0.131. The molecule has 3 aromatic rings. The average Bonchev–Trinajstić information content (AvgIpc) is 3.07. The zero-order valence-corrected chi connectivity index (χ0v) is 16.2. The molecule has 1 N–H and O–H groups in total. The largest absolute Gasteiger partial charge is 0.338 e. The molecule has 1 amide bonds. The van der Waals surface area contributed by atoms with Crippen LogP contribution in [0.25, 0.3) is 0 Å². The Labute approximate surface area is 162 Å². The quantitative estimate of drug-likeness (QED) is 0.752. The topological polar surface area (TPSA) is 71.0 Å². The molecule has 2 aromatic heterocycles. The summed E-state index contributed by atoms with van der Waals surface area (Å²) in [5, 5.41) is 5.75. The third-order valence-electron chi connectivity index (χ3n) is 4.57. The van der Waals surface area contributed by atoms with Crippen LogP contribution in [-0.4, -0.2) is 32.3 Å². The Kier molecular flexibility index (Phi) is 4.85. The zero-order chi connectivity index (χ0) is 18.8. The minimum absolute atomic E-state index is 0.115. The number of aryl methyl sites for hydroxylation is 2. The van der Waals surface area contributed by atoms with Crippen molar-refractivity contribution in [3.8, 4) is 0 Å². The Balaban J connectivity index is 1.40. The summed E-state index contributed by atoms with van der Waals surface area (Å²) in [7, 11) is 0. The van der Waals surface area contributed by atoms with Gasteiger partial charge in [-0.1, -0.05) is 24.3 Å². The molecule has 0 unspecified atom stereocenters. The van der Waals surface area contributed by atoms with E-state index in [-0.39, 0.29) is 5.91 Å². The molecule has 27 heavy (non-hydrogen) atoms. The first-order chi connectivity index (χ1) is 13.1. The first-order valence-corrected chi connectivity index (χ1v) is 9.83. The van der Waals surface area contributed by atoms with Gasteiger partial charge in [-0.05, 0) is 37.5 Å². The van der Waals surface area contributed by atoms with E-state index in [1.807, 2.05) is 36.3 Å².